The van der Waals surface area contributed by atoms with Crippen LogP contribution >= 0.6 is 0 Å². The third kappa shape index (κ3) is 3.93. The highest BCUT2D eigenvalue weighted by Crippen LogP contribution is 2.39. The first-order valence-electron chi connectivity index (χ1n) is 8.20. The monoisotopic (exact) mass is 339 g/mol. The van der Waals surface area contributed by atoms with Gasteiger partial charge < -0.3 is 4.74 Å². The largest absolute Gasteiger partial charge is 0.459 e. The lowest BCUT2D eigenvalue weighted by Gasteiger charge is -2.09. The highest BCUT2D eigenvalue weighted by Gasteiger charge is 2.24. The van der Waals surface area contributed by atoms with E-state index < -0.39 is 0 Å². The molecule has 1 N–H and O–H groups in total. The molecule has 0 spiro atoms. The molecule has 1 aliphatic rings. The maximum atomic E-state index is 13.2. The van der Waals surface area contributed by atoms with Gasteiger partial charge in [0.1, 0.15) is 12.4 Å². The van der Waals surface area contributed by atoms with Crippen molar-refractivity contribution >= 4 is 5.82 Å². The molecule has 4 rings (SSSR count). The van der Waals surface area contributed by atoms with Crippen LogP contribution in [0.1, 0.15) is 35.6 Å². The summed E-state index contributed by atoms with van der Waals surface area (Å²) in [5.74, 6) is 0.943. The smallest absolute Gasteiger partial charge is 0.318 e. The third-order valence-electron chi connectivity index (χ3n) is 3.97. The number of aromatic nitrogens is 4. The van der Waals surface area contributed by atoms with Crippen LogP contribution in [0.3, 0.4) is 0 Å². The van der Waals surface area contributed by atoms with E-state index >= 15 is 0 Å². The number of benzene rings is 1. The first-order chi connectivity index (χ1) is 12.2. The summed E-state index contributed by atoms with van der Waals surface area (Å²) in [6, 6.07) is 8.32. The second-order valence-corrected chi connectivity index (χ2v) is 6.20. The van der Waals surface area contributed by atoms with Crippen molar-refractivity contribution in [1.29, 1.82) is 0 Å². The average molecular weight is 339 g/mol. The molecule has 0 aliphatic heterocycles. The number of hydrogen-bond acceptors (Lipinski definition) is 5. The van der Waals surface area contributed by atoms with Gasteiger partial charge in [-0.15, -0.1) is 0 Å². The lowest BCUT2D eigenvalue weighted by molar-refractivity contribution is 0.280. The van der Waals surface area contributed by atoms with Crippen molar-refractivity contribution < 1.29 is 9.13 Å². The lowest BCUT2D eigenvalue weighted by atomic mass is 10.2. The Bertz CT molecular complexity index is 891. The molecular weight excluding hydrogens is 321 g/mol. The van der Waals surface area contributed by atoms with E-state index in [0.29, 0.717) is 11.7 Å². The summed E-state index contributed by atoms with van der Waals surface area (Å²) in [5.41, 5.74) is 5.83. The topological polar surface area (TPSA) is 64.9 Å². The fraction of sp³-hybridized carbons (Fsp3) is 0.278. The summed E-state index contributed by atoms with van der Waals surface area (Å²) < 4.78 is 18.8. The van der Waals surface area contributed by atoms with Crippen molar-refractivity contribution in [2.45, 2.75) is 32.3 Å². The minimum Gasteiger partial charge on any atom is -0.459 e. The van der Waals surface area contributed by atoms with Gasteiger partial charge >= 0.3 is 6.01 Å². The molecule has 2 aromatic heterocycles. The van der Waals surface area contributed by atoms with Crippen molar-refractivity contribution in [2.75, 3.05) is 5.43 Å². The normalized spacial score (nSPS) is 13.7. The van der Waals surface area contributed by atoms with Crippen molar-refractivity contribution in [2.24, 2.45) is 0 Å². The summed E-state index contributed by atoms with van der Waals surface area (Å²) in [4.78, 5) is 10.2. The van der Waals surface area contributed by atoms with Gasteiger partial charge in [0.05, 0.1) is 12.4 Å². The Kier molecular flexibility index (Phi) is 4.05. The van der Waals surface area contributed by atoms with Gasteiger partial charge in [0.2, 0.25) is 0 Å². The Labute approximate surface area is 144 Å². The Morgan fingerprint density at radius 1 is 1.28 bits per heavy atom. The molecule has 0 unspecified atom stereocenters. The number of rotatable bonds is 6. The molecule has 1 fully saturated rings. The molecule has 25 heavy (non-hydrogen) atoms. The standard InChI is InChI=1S/C18H18FN5O/c1-12-7-17(23-24-10-15(9-20-24)14-5-6-14)22-18(21-12)25-11-13-3-2-4-16(19)8-13/h2-4,7-10,14H,5-6,11H2,1H3,(H,21,22,23). The zero-order valence-corrected chi connectivity index (χ0v) is 13.8. The number of ether oxygens (including phenoxy) is 1. The molecule has 7 heteroatoms. The summed E-state index contributed by atoms with van der Waals surface area (Å²) in [5, 5.41) is 4.30. The van der Waals surface area contributed by atoms with Crippen molar-refractivity contribution in [3.8, 4) is 6.01 Å². The van der Waals surface area contributed by atoms with Crippen molar-refractivity contribution in [3.05, 3.63) is 65.4 Å². The first-order valence-corrected chi connectivity index (χ1v) is 8.20. The number of nitrogens with zero attached hydrogens (tertiary/aromatic N) is 4. The average Bonchev–Trinajstić information content (AvgIpc) is 3.33. The molecule has 1 aromatic carbocycles. The van der Waals surface area contributed by atoms with E-state index in [1.54, 1.807) is 16.9 Å². The van der Waals surface area contributed by atoms with Crippen molar-refractivity contribution in [1.82, 2.24) is 19.9 Å². The van der Waals surface area contributed by atoms with Crippen LogP contribution < -0.4 is 10.2 Å². The molecule has 128 valence electrons. The van der Waals surface area contributed by atoms with Gasteiger partial charge in [0.15, 0.2) is 5.82 Å². The Hall–Kier alpha value is -2.96. The van der Waals surface area contributed by atoms with Crippen LogP contribution in [-0.2, 0) is 6.61 Å². The van der Waals surface area contributed by atoms with E-state index in [4.69, 9.17) is 4.74 Å². The van der Waals surface area contributed by atoms with Crippen LogP contribution in [0.4, 0.5) is 10.2 Å². The van der Waals surface area contributed by atoms with E-state index in [-0.39, 0.29) is 18.4 Å². The zero-order chi connectivity index (χ0) is 17.2. The molecular formula is C18H18FN5O. The zero-order valence-electron chi connectivity index (χ0n) is 13.8. The molecule has 6 nitrogen and oxygen atoms in total. The van der Waals surface area contributed by atoms with Gasteiger partial charge in [0.25, 0.3) is 0 Å². The van der Waals surface area contributed by atoms with Gasteiger partial charge in [-0.2, -0.15) is 14.9 Å². The fourth-order valence-corrected chi connectivity index (χ4v) is 2.58. The van der Waals surface area contributed by atoms with Crippen LogP contribution in [0.15, 0.2) is 42.7 Å². The van der Waals surface area contributed by atoms with Crippen molar-refractivity contribution in [3.63, 3.8) is 0 Å². The fourth-order valence-electron chi connectivity index (χ4n) is 2.58. The van der Waals surface area contributed by atoms with Gasteiger partial charge in [-0.25, -0.2) is 9.37 Å². The molecule has 0 atom stereocenters. The predicted octanol–water partition coefficient (Wildman–Crippen LogP) is 3.45. The van der Waals surface area contributed by atoms with E-state index in [0.717, 1.165) is 11.3 Å². The van der Waals surface area contributed by atoms with E-state index in [1.165, 1.54) is 30.5 Å². The second-order valence-electron chi connectivity index (χ2n) is 6.20. The number of hydrogen-bond donors (Lipinski definition) is 1. The Morgan fingerprint density at radius 3 is 2.96 bits per heavy atom. The lowest BCUT2D eigenvalue weighted by Crippen LogP contribution is -2.12. The molecule has 3 aromatic rings. The number of anilines is 1. The number of halogens is 1. The quantitative estimate of drug-likeness (QED) is 0.745. The van der Waals surface area contributed by atoms with E-state index in [1.807, 2.05) is 25.4 Å². The van der Waals surface area contributed by atoms with Crippen LogP contribution in [-0.4, -0.2) is 19.9 Å². The summed E-state index contributed by atoms with van der Waals surface area (Å²) in [6.45, 7) is 2.06. The van der Waals surface area contributed by atoms with Crippen LogP contribution in [0.5, 0.6) is 6.01 Å². The summed E-state index contributed by atoms with van der Waals surface area (Å²) >= 11 is 0. The molecule has 1 saturated carbocycles. The molecule has 1 aliphatic carbocycles. The van der Waals surface area contributed by atoms with Gasteiger partial charge in [-0.05, 0) is 48.9 Å². The molecule has 2 heterocycles. The van der Waals surface area contributed by atoms with Crippen LogP contribution in [0.2, 0.25) is 0 Å². The molecule has 0 saturated heterocycles. The van der Waals surface area contributed by atoms with E-state index in [2.05, 4.69) is 20.5 Å². The Balaban J connectivity index is 1.45. The van der Waals surface area contributed by atoms with Crippen LogP contribution in [0.25, 0.3) is 0 Å². The summed E-state index contributed by atoms with van der Waals surface area (Å²) in [6.07, 6.45) is 6.31. The maximum absolute atomic E-state index is 13.2. The predicted molar refractivity (Wildman–Crippen MR) is 90.7 cm³/mol. The molecule has 0 amide bonds. The number of nitrogens with one attached hydrogen (secondary N) is 1. The Morgan fingerprint density at radius 2 is 2.16 bits per heavy atom. The van der Waals surface area contributed by atoms with Gasteiger partial charge in [-0.1, -0.05) is 12.1 Å². The molecule has 0 bridgehead atoms. The van der Waals surface area contributed by atoms with E-state index in [9.17, 15) is 4.39 Å². The van der Waals surface area contributed by atoms with Gasteiger partial charge in [-0.3, -0.25) is 5.43 Å². The SMILES string of the molecule is Cc1cc(Nn2cc(C3CC3)cn2)nc(OCc2cccc(F)c2)n1. The van der Waals surface area contributed by atoms with Crippen LogP contribution in [0, 0.1) is 12.7 Å². The minimum atomic E-state index is -0.293. The molecule has 0 radical (unpaired) electrons. The second kappa shape index (κ2) is 6.51. The highest BCUT2D eigenvalue weighted by atomic mass is 19.1. The first kappa shape index (κ1) is 15.6. The third-order valence-corrected chi connectivity index (χ3v) is 3.97. The van der Waals surface area contributed by atoms with Gasteiger partial charge in [0, 0.05) is 11.8 Å². The summed E-state index contributed by atoms with van der Waals surface area (Å²) in [7, 11) is 0. The maximum Gasteiger partial charge on any atom is 0.318 e. The number of aryl methyl sites for hydroxylation is 1. The minimum absolute atomic E-state index is 0.203. The highest BCUT2D eigenvalue weighted by molar-refractivity contribution is 5.36.